The second-order valence-electron chi connectivity index (χ2n) is 16.9. The average Bonchev–Trinajstić information content (AvgIpc) is 3.71. The van der Waals surface area contributed by atoms with Crippen LogP contribution in [0.5, 0.6) is 0 Å². The summed E-state index contributed by atoms with van der Waals surface area (Å²) in [7, 11) is 1.46. The fourth-order valence-electron chi connectivity index (χ4n) is 13.9. The molecule has 260 valence electrons. The molecule has 3 heterocycles. The Kier molecular flexibility index (Phi) is 7.12. The third kappa shape index (κ3) is 3.57. The Morgan fingerprint density at radius 3 is 2.40 bits per heavy atom. The molecule has 0 radical (unpaired) electrons. The van der Waals surface area contributed by atoms with E-state index in [2.05, 4.69) is 48.1 Å². The normalized spacial score (nSPS) is 49.7. The number of ether oxygens (including phenoxy) is 6. The van der Waals surface area contributed by atoms with E-state index in [0.29, 0.717) is 25.1 Å². The molecule has 4 bridgehead atoms. The van der Waals surface area contributed by atoms with Gasteiger partial charge in [-0.2, -0.15) is 0 Å². The number of rotatable bonds is 12. The Hall–Kier alpha value is -2.36. The second-order valence-corrected chi connectivity index (χ2v) is 16.9. The van der Waals surface area contributed by atoms with Crippen molar-refractivity contribution in [2.45, 2.75) is 142 Å². The van der Waals surface area contributed by atoms with Crippen LogP contribution in [-0.4, -0.2) is 48.4 Å². The van der Waals surface area contributed by atoms with Crippen molar-refractivity contribution in [1.82, 2.24) is 0 Å². The fourth-order valence-corrected chi connectivity index (χ4v) is 13.9. The smallest absolute Gasteiger partial charge is 0.305 e. The Morgan fingerprint density at radius 1 is 1.09 bits per heavy atom. The van der Waals surface area contributed by atoms with Gasteiger partial charge in [-0.05, 0) is 55.9 Å². The van der Waals surface area contributed by atoms with Crippen LogP contribution >= 0.6 is 0 Å². The summed E-state index contributed by atoms with van der Waals surface area (Å²) < 4.78 is 46.5. The first-order valence-corrected chi connectivity index (χ1v) is 17.7. The zero-order valence-electron chi connectivity index (χ0n) is 29.7. The van der Waals surface area contributed by atoms with Gasteiger partial charge >= 0.3 is 5.97 Å². The van der Waals surface area contributed by atoms with Crippen molar-refractivity contribution in [3.63, 3.8) is 0 Å². The van der Waals surface area contributed by atoms with Crippen LogP contribution in [-0.2, 0) is 38.0 Å². The van der Waals surface area contributed by atoms with E-state index in [1.165, 1.54) is 7.11 Å². The van der Waals surface area contributed by atoms with Gasteiger partial charge in [0, 0.05) is 41.1 Å². The monoisotopic (exact) mass is 654 g/mol. The minimum Gasteiger partial charge on any atom is -0.490 e. The number of allylic oxidation sites excluding steroid dienone is 1. The zero-order chi connectivity index (χ0) is 34.1. The molecule has 0 N–H and O–H groups in total. The maximum atomic E-state index is 13.3. The van der Waals surface area contributed by atoms with E-state index >= 15 is 0 Å². The van der Waals surface area contributed by atoms with E-state index in [9.17, 15) is 9.59 Å². The van der Waals surface area contributed by atoms with Crippen LogP contribution in [0.25, 0.3) is 0 Å². The van der Waals surface area contributed by atoms with Gasteiger partial charge in [-0.1, -0.05) is 67.4 Å². The summed E-state index contributed by atoms with van der Waals surface area (Å²) in [6.45, 7) is 22.2. The maximum absolute atomic E-state index is 13.3. The molecule has 13 unspecified atom stereocenters. The average molecular weight is 655 g/mol. The molecule has 13 atom stereocenters. The van der Waals surface area contributed by atoms with Crippen molar-refractivity contribution in [3.8, 4) is 0 Å². The number of methoxy groups -OCH3 is 1. The predicted molar refractivity (Wildman–Crippen MR) is 171 cm³/mol. The molecule has 0 amide bonds. The lowest BCUT2D eigenvalue weighted by atomic mass is 9.31. The lowest BCUT2D eigenvalue weighted by Crippen LogP contribution is -2.89. The van der Waals surface area contributed by atoms with Crippen LogP contribution in [0, 0.1) is 39.4 Å². The number of fused-ring (bicyclic) bond motifs is 2. The molecule has 7 rings (SSSR count). The van der Waals surface area contributed by atoms with Crippen LogP contribution < -0.4 is 0 Å². The molecule has 47 heavy (non-hydrogen) atoms. The van der Waals surface area contributed by atoms with E-state index < -0.39 is 51.2 Å². The van der Waals surface area contributed by atoms with Crippen molar-refractivity contribution in [2.75, 3.05) is 7.11 Å². The molecule has 4 aliphatic carbocycles. The number of esters is 1. The summed E-state index contributed by atoms with van der Waals surface area (Å²) >= 11 is 0. The highest BCUT2D eigenvalue weighted by atomic mass is 16.9. The fraction of sp³-hybridized carbons (Fsp3) is 0.789. The molecular weight excluding hydrogens is 600 g/mol. The van der Waals surface area contributed by atoms with Crippen LogP contribution in [0.15, 0.2) is 35.3 Å². The number of carbonyl (C=O) groups is 2. The summed E-state index contributed by atoms with van der Waals surface area (Å²) in [5.41, 5.74) is -4.02. The third-order valence-corrected chi connectivity index (χ3v) is 14.6. The van der Waals surface area contributed by atoms with Gasteiger partial charge in [-0.3, -0.25) is 9.59 Å². The molecule has 1 aromatic rings. The molecule has 4 saturated carbocycles. The van der Waals surface area contributed by atoms with Crippen molar-refractivity contribution >= 4 is 12.4 Å². The van der Waals surface area contributed by atoms with Crippen molar-refractivity contribution < 1.29 is 42.4 Å². The van der Waals surface area contributed by atoms with E-state index in [1.807, 2.05) is 19.9 Å². The van der Waals surface area contributed by atoms with Gasteiger partial charge in [0.25, 0.3) is 12.4 Å². The second kappa shape index (κ2) is 10.1. The number of carbonyl (C=O) groups excluding carboxylic acids is 2. The van der Waals surface area contributed by atoms with E-state index in [-0.39, 0.29) is 35.6 Å². The molecule has 6 aliphatic rings. The summed E-state index contributed by atoms with van der Waals surface area (Å²) in [4.78, 5) is 26.0. The molecule has 9 nitrogen and oxygen atoms in total. The Morgan fingerprint density at radius 2 is 1.81 bits per heavy atom. The highest BCUT2D eigenvalue weighted by molar-refractivity contribution is 5.70. The predicted octanol–water partition coefficient (Wildman–Crippen LogP) is 7.64. The van der Waals surface area contributed by atoms with Crippen LogP contribution in [0.4, 0.5) is 0 Å². The molecule has 1 aromatic heterocycles. The van der Waals surface area contributed by atoms with Gasteiger partial charge in [0.1, 0.15) is 23.4 Å². The molecule has 6 fully saturated rings. The quantitative estimate of drug-likeness (QED) is 0.128. The SMILES string of the molecule is C=C(C)OC(c1ccoc1)C1(C)CCC23OC4(C)OC2(C1C(CC)CCC)C(OC=O)C1(C)CC2(C)CC1(O4)C3(C)C2CC(=O)OC. The zero-order valence-corrected chi connectivity index (χ0v) is 29.7. The number of hydrogen-bond donors (Lipinski definition) is 0. The lowest BCUT2D eigenvalue weighted by molar-refractivity contribution is -0.464. The standard InChI is InChI=1S/C38H54O9/c1-11-13-24(12-2)28-32(6,29(44-23(3)4)25-14-17-42-19-25)15-16-36-34(8)26(18-27(40)41-10)31(5)20-33(7)30(43-22-39)38(28,36)47-35(9,45-36)46-37(33,34)21-31/h14,17,19,22,24,26,28-30H,3,11-13,15-16,18,20-21H2,1-2,4-10H3. The molecule has 2 spiro atoms. The largest absolute Gasteiger partial charge is 0.490 e. The summed E-state index contributed by atoms with van der Waals surface area (Å²) in [6, 6.07) is 1.97. The van der Waals surface area contributed by atoms with Crippen molar-refractivity contribution in [2.24, 2.45) is 39.4 Å². The van der Waals surface area contributed by atoms with Gasteiger partial charge in [-0.25, -0.2) is 0 Å². The van der Waals surface area contributed by atoms with Gasteiger partial charge in [-0.15, -0.1) is 0 Å². The number of furan rings is 1. The maximum Gasteiger partial charge on any atom is 0.305 e. The molecule has 2 aliphatic heterocycles. The first kappa shape index (κ1) is 33.2. The van der Waals surface area contributed by atoms with Gasteiger partial charge in [0.2, 0.25) is 0 Å². The molecule has 0 aromatic carbocycles. The van der Waals surface area contributed by atoms with E-state index in [1.54, 1.807) is 12.5 Å². The topological polar surface area (TPSA) is 103 Å². The van der Waals surface area contributed by atoms with Gasteiger partial charge in [0.05, 0.1) is 31.0 Å². The van der Waals surface area contributed by atoms with E-state index in [0.717, 1.165) is 37.7 Å². The van der Waals surface area contributed by atoms with Gasteiger partial charge < -0.3 is 32.8 Å². The molecular formula is C38H54O9. The highest BCUT2D eigenvalue weighted by Gasteiger charge is 3.00. The first-order valence-electron chi connectivity index (χ1n) is 17.7. The minimum absolute atomic E-state index is 0.106. The Bertz CT molecular complexity index is 1460. The van der Waals surface area contributed by atoms with Crippen LogP contribution in [0.3, 0.4) is 0 Å². The number of hydrogen-bond acceptors (Lipinski definition) is 9. The Balaban J connectivity index is 1.56. The molecule has 9 heteroatoms. The van der Waals surface area contributed by atoms with Crippen LogP contribution in [0.1, 0.15) is 118 Å². The van der Waals surface area contributed by atoms with Crippen LogP contribution in [0.2, 0.25) is 0 Å². The van der Waals surface area contributed by atoms with Crippen molar-refractivity contribution in [1.29, 1.82) is 0 Å². The summed E-state index contributed by atoms with van der Waals surface area (Å²) in [6.07, 6.45) is 8.20. The molecule has 2 saturated heterocycles. The summed E-state index contributed by atoms with van der Waals surface area (Å²) in [5.74, 6) is -1.16. The Labute approximate surface area is 279 Å². The first-order chi connectivity index (χ1) is 22.1. The highest BCUT2D eigenvalue weighted by Crippen LogP contribution is 2.91. The van der Waals surface area contributed by atoms with E-state index in [4.69, 9.17) is 32.8 Å². The summed E-state index contributed by atoms with van der Waals surface area (Å²) in [5, 5.41) is 0. The van der Waals surface area contributed by atoms with Gasteiger partial charge in [0.15, 0.2) is 0 Å². The van der Waals surface area contributed by atoms with Crippen molar-refractivity contribution in [3.05, 3.63) is 36.5 Å². The minimum atomic E-state index is -1.37. The third-order valence-electron chi connectivity index (χ3n) is 14.6. The lowest BCUT2D eigenvalue weighted by Gasteiger charge is -2.77.